The molecule has 1 heterocycles. The van der Waals surface area contributed by atoms with Crippen LogP contribution in [-0.2, 0) is 11.3 Å². The topological polar surface area (TPSA) is 72.9 Å². The molecule has 1 aromatic rings. The van der Waals surface area contributed by atoms with Crippen molar-refractivity contribution in [2.75, 3.05) is 5.32 Å². The summed E-state index contributed by atoms with van der Waals surface area (Å²) in [5.41, 5.74) is 6.24. The first-order valence-corrected chi connectivity index (χ1v) is 7.12. The number of nitrogens with one attached hydrogen (secondary N) is 1. The molecule has 1 saturated carbocycles. The lowest BCUT2D eigenvalue weighted by Crippen LogP contribution is -2.52. The van der Waals surface area contributed by atoms with Crippen LogP contribution in [0, 0.1) is 5.92 Å². The molecule has 1 fully saturated rings. The van der Waals surface area contributed by atoms with Crippen molar-refractivity contribution in [3.05, 3.63) is 12.4 Å². The first kappa shape index (κ1) is 14.1. The minimum absolute atomic E-state index is 0.0729. The Labute approximate surface area is 114 Å². The fourth-order valence-corrected chi connectivity index (χ4v) is 2.57. The van der Waals surface area contributed by atoms with Gasteiger partial charge in [0, 0.05) is 12.7 Å². The van der Waals surface area contributed by atoms with E-state index in [1.165, 1.54) is 6.42 Å². The first-order valence-electron chi connectivity index (χ1n) is 7.12. The van der Waals surface area contributed by atoms with Gasteiger partial charge in [0.1, 0.15) is 0 Å². The molecule has 3 N–H and O–H groups in total. The lowest BCUT2D eigenvalue weighted by molar-refractivity contribution is -0.122. The number of anilines is 1. The van der Waals surface area contributed by atoms with Gasteiger partial charge in [-0.25, -0.2) is 0 Å². The van der Waals surface area contributed by atoms with E-state index in [1.807, 2.05) is 10.9 Å². The van der Waals surface area contributed by atoms with Gasteiger partial charge >= 0.3 is 0 Å². The molecule has 19 heavy (non-hydrogen) atoms. The Morgan fingerprint density at radius 2 is 2.16 bits per heavy atom. The lowest BCUT2D eigenvalue weighted by atomic mass is 9.82. The second kappa shape index (κ2) is 5.74. The number of carbonyl (C=O) groups excluding carboxylic acids is 1. The molecule has 1 aliphatic carbocycles. The van der Waals surface area contributed by atoms with Crippen molar-refractivity contribution in [1.82, 2.24) is 9.78 Å². The Bertz CT molecular complexity index is 432. The number of hydrogen-bond acceptors (Lipinski definition) is 3. The highest BCUT2D eigenvalue weighted by Crippen LogP contribution is 2.27. The molecule has 1 aromatic heterocycles. The highest BCUT2D eigenvalue weighted by molar-refractivity contribution is 5.97. The second-order valence-corrected chi connectivity index (χ2v) is 6.02. The molecule has 0 radical (unpaired) electrons. The van der Waals surface area contributed by atoms with Gasteiger partial charge in [-0.15, -0.1) is 0 Å². The number of amides is 1. The van der Waals surface area contributed by atoms with Crippen LogP contribution in [0.1, 0.15) is 46.0 Å². The molecule has 0 atom stereocenters. The van der Waals surface area contributed by atoms with E-state index in [0.29, 0.717) is 5.92 Å². The monoisotopic (exact) mass is 264 g/mol. The normalized spacial score (nSPS) is 18.5. The van der Waals surface area contributed by atoms with Crippen LogP contribution in [0.5, 0.6) is 0 Å². The highest BCUT2D eigenvalue weighted by atomic mass is 16.2. The molecule has 106 valence electrons. The maximum Gasteiger partial charge on any atom is 0.244 e. The van der Waals surface area contributed by atoms with Crippen molar-refractivity contribution in [3.8, 4) is 0 Å². The van der Waals surface area contributed by atoms with Crippen molar-refractivity contribution in [1.29, 1.82) is 0 Å². The van der Waals surface area contributed by atoms with E-state index in [0.717, 1.165) is 37.9 Å². The van der Waals surface area contributed by atoms with Crippen molar-refractivity contribution in [2.24, 2.45) is 11.7 Å². The standard InChI is InChI=1S/C14H24N4O/c1-11(2)9-18-10-12(8-16-18)17-13(19)14(15)6-4-3-5-7-14/h8,10-11H,3-7,9,15H2,1-2H3,(H,17,19). The van der Waals surface area contributed by atoms with Gasteiger partial charge in [0.15, 0.2) is 0 Å². The molecular formula is C14H24N4O. The molecule has 0 unspecified atom stereocenters. The lowest BCUT2D eigenvalue weighted by Gasteiger charge is -2.31. The van der Waals surface area contributed by atoms with Crippen LogP contribution in [0.2, 0.25) is 0 Å². The van der Waals surface area contributed by atoms with Crippen molar-refractivity contribution >= 4 is 11.6 Å². The van der Waals surface area contributed by atoms with E-state index < -0.39 is 5.54 Å². The largest absolute Gasteiger partial charge is 0.322 e. The number of nitrogens with two attached hydrogens (primary N) is 1. The van der Waals surface area contributed by atoms with E-state index in [-0.39, 0.29) is 5.91 Å². The zero-order valence-corrected chi connectivity index (χ0v) is 11.9. The van der Waals surface area contributed by atoms with Gasteiger partial charge in [0.05, 0.1) is 17.4 Å². The summed E-state index contributed by atoms with van der Waals surface area (Å²) in [4.78, 5) is 12.2. The number of rotatable bonds is 4. The fraction of sp³-hybridized carbons (Fsp3) is 0.714. The zero-order valence-electron chi connectivity index (χ0n) is 11.9. The van der Waals surface area contributed by atoms with Gasteiger partial charge in [-0.2, -0.15) is 5.10 Å². The van der Waals surface area contributed by atoms with E-state index >= 15 is 0 Å². The van der Waals surface area contributed by atoms with E-state index in [4.69, 9.17) is 5.73 Å². The summed E-state index contributed by atoms with van der Waals surface area (Å²) < 4.78 is 1.85. The molecular weight excluding hydrogens is 240 g/mol. The van der Waals surface area contributed by atoms with Crippen molar-refractivity contribution < 1.29 is 4.79 Å². The second-order valence-electron chi connectivity index (χ2n) is 6.02. The van der Waals surface area contributed by atoms with Crippen LogP contribution < -0.4 is 11.1 Å². The van der Waals surface area contributed by atoms with Crippen LogP contribution in [-0.4, -0.2) is 21.2 Å². The molecule has 0 aliphatic heterocycles. The van der Waals surface area contributed by atoms with Crippen LogP contribution in [0.25, 0.3) is 0 Å². The summed E-state index contributed by atoms with van der Waals surface area (Å²) in [5.74, 6) is 0.457. The minimum Gasteiger partial charge on any atom is -0.322 e. The first-order chi connectivity index (χ1) is 8.99. The molecule has 0 bridgehead atoms. The summed E-state index contributed by atoms with van der Waals surface area (Å²) in [7, 11) is 0. The highest BCUT2D eigenvalue weighted by Gasteiger charge is 2.35. The van der Waals surface area contributed by atoms with Crippen molar-refractivity contribution in [3.63, 3.8) is 0 Å². The summed E-state index contributed by atoms with van der Waals surface area (Å²) in [5, 5.41) is 7.14. The fourth-order valence-electron chi connectivity index (χ4n) is 2.57. The van der Waals surface area contributed by atoms with Crippen LogP contribution in [0.15, 0.2) is 12.4 Å². The average molecular weight is 264 g/mol. The third-order valence-corrected chi connectivity index (χ3v) is 3.64. The third kappa shape index (κ3) is 3.56. The summed E-state index contributed by atoms with van der Waals surface area (Å²) in [6, 6.07) is 0. The number of carbonyl (C=O) groups is 1. The molecule has 5 heteroatoms. The minimum atomic E-state index is -0.696. The summed E-state index contributed by atoms with van der Waals surface area (Å²) in [6.45, 7) is 5.12. The Morgan fingerprint density at radius 1 is 1.47 bits per heavy atom. The predicted molar refractivity (Wildman–Crippen MR) is 75.7 cm³/mol. The third-order valence-electron chi connectivity index (χ3n) is 3.64. The molecule has 0 spiro atoms. The van der Waals surface area contributed by atoms with E-state index in [2.05, 4.69) is 24.3 Å². The van der Waals surface area contributed by atoms with E-state index in [9.17, 15) is 4.79 Å². The maximum atomic E-state index is 12.2. The van der Waals surface area contributed by atoms with Crippen LogP contribution in [0.4, 0.5) is 5.69 Å². The molecule has 1 amide bonds. The summed E-state index contributed by atoms with van der Waals surface area (Å²) >= 11 is 0. The SMILES string of the molecule is CC(C)Cn1cc(NC(=O)C2(N)CCCCC2)cn1. The predicted octanol–water partition coefficient (Wildman–Crippen LogP) is 2.14. The smallest absolute Gasteiger partial charge is 0.244 e. The Balaban J connectivity index is 1.96. The molecule has 0 saturated heterocycles. The zero-order chi connectivity index (χ0) is 13.9. The number of hydrogen-bond donors (Lipinski definition) is 2. The van der Waals surface area contributed by atoms with Gasteiger partial charge in [-0.3, -0.25) is 9.48 Å². The molecule has 1 aliphatic rings. The van der Waals surface area contributed by atoms with E-state index in [1.54, 1.807) is 6.20 Å². The molecule has 5 nitrogen and oxygen atoms in total. The molecule has 2 rings (SSSR count). The Kier molecular flexibility index (Phi) is 4.24. The maximum absolute atomic E-state index is 12.2. The summed E-state index contributed by atoms with van der Waals surface area (Å²) in [6.07, 6.45) is 8.36. The van der Waals surface area contributed by atoms with Gasteiger partial charge < -0.3 is 11.1 Å². The quantitative estimate of drug-likeness (QED) is 0.875. The van der Waals surface area contributed by atoms with Gasteiger partial charge in [0.2, 0.25) is 5.91 Å². The van der Waals surface area contributed by atoms with Crippen molar-refractivity contribution in [2.45, 2.75) is 58.0 Å². The van der Waals surface area contributed by atoms with Gasteiger partial charge in [0.25, 0.3) is 0 Å². The average Bonchev–Trinajstić information content (AvgIpc) is 2.76. The van der Waals surface area contributed by atoms with Gasteiger partial charge in [-0.05, 0) is 18.8 Å². The van der Waals surface area contributed by atoms with Crippen LogP contribution >= 0.6 is 0 Å². The van der Waals surface area contributed by atoms with Gasteiger partial charge in [-0.1, -0.05) is 33.1 Å². The van der Waals surface area contributed by atoms with Crippen LogP contribution in [0.3, 0.4) is 0 Å². The number of nitrogens with zero attached hydrogens (tertiary/aromatic N) is 2. The number of aromatic nitrogens is 2. The molecule has 0 aromatic carbocycles. The Hall–Kier alpha value is -1.36. The Morgan fingerprint density at radius 3 is 2.79 bits per heavy atom.